The van der Waals surface area contributed by atoms with Gasteiger partial charge in [-0.05, 0) is 31.0 Å². The Hall–Kier alpha value is -1.44. The fraction of sp³-hybridized carbons (Fsp3) is 0.400. The molecule has 0 atom stereocenters. The molecular formula is C15H20N2O3S2. The summed E-state index contributed by atoms with van der Waals surface area (Å²) in [4.78, 5) is 4.31. The summed E-state index contributed by atoms with van der Waals surface area (Å²) in [5, 5.41) is 2.95. The van der Waals surface area contributed by atoms with Gasteiger partial charge in [-0.3, -0.25) is 0 Å². The van der Waals surface area contributed by atoms with Gasteiger partial charge in [-0.25, -0.2) is 18.1 Å². The number of aryl methyl sites for hydroxylation is 2. The highest BCUT2D eigenvalue weighted by Crippen LogP contribution is 2.13. The molecule has 0 aliphatic carbocycles. The van der Waals surface area contributed by atoms with Crippen molar-refractivity contribution in [1.29, 1.82) is 0 Å². The molecule has 0 fully saturated rings. The predicted octanol–water partition coefficient (Wildman–Crippen LogP) is 2.16. The lowest BCUT2D eigenvalue weighted by Crippen LogP contribution is -2.29. The van der Waals surface area contributed by atoms with Crippen LogP contribution in [0.25, 0.3) is 0 Å². The van der Waals surface area contributed by atoms with Crippen LogP contribution in [-0.4, -0.2) is 32.8 Å². The largest absolute Gasteiger partial charge is 0.497 e. The molecule has 0 saturated carbocycles. The van der Waals surface area contributed by atoms with Crippen molar-refractivity contribution in [1.82, 2.24) is 9.71 Å². The van der Waals surface area contributed by atoms with Gasteiger partial charge in [0.2, 0.25) is 10.0 Å². The van der Waals surface area contributed by atoms with Crippen LogP contribution in [0, 0.1) is 6.92 Å². The van der Waals surface area contributed by atoms with Crippen LogP contribution >= 0.6 is 11.3 Å². The van der Waals surface area contributed by atoms with E-state index in [4.69, 9.17) is 4.74 Å². The van der Waals surface area contributed by atoms with Gasteiger partial charge in [-0.15, -0.1) is 11.3 Å². The van der Waals surface area contributed by atoms with Crippen molar-refractivity contribution < 1.29 is 13.2 Å². The zero-order valence-corrected chi connectivity index (χ0v) is 14.3. The van der Waals surface area contributed by atoms with Crippen molar-refractivity contribution >= 4 is 21.4 Å². The molecular weight excluding hydrogens is 320 g/mol. The molecule has 0 amide bonds. The summed E-state index contributed by atoms with van der Waals surface area (Å²) < 4.78 is 31.7. The minimum absolute atomic E-state index is 0.0657. The molecule has 0 aliphatic heterocycles. The Morgan fingerprint density at radius 3 is 2.82 bits per heavy atom. The first-order valence-corrected chi connectivity index (χ1v) is 9.53. The predicted molar refractivity (Wildman–Crippen MR) is 89.0 cm³/mol. The lowest BCUT2D eigenvalue weighted by Gasteiger charge is -2.07. The number of hydrogen-bond acceptors (Lipinski definition) is 5. The van der Waals surface area contributed by atoms with Gasteiger partial charge >= 0.3 is 0 Å². The topological polar surface area (TPSA) is 68.3 Å². The van der Waals surface area contributed by atoms with Gasteiger partial charge in [0.15, 0.2) is 0 Å². The van der Waals surface area contributed by atoms with Crippen molar-refractivity contribution in [3.8, 4) is 5.75 Å². The van der Waals surface area contributed by atoms with Gasteiger partial charge in [-0.1, -0.05) is 12.1 Å². The van der Waals surface area contributed by atoms with E-state index >= 15 is 0 Å². The molecule has 1 aromatic heterocycles. The molecule has 0 unspecified atom stereocenters. The van der Waals surface area contributed by atoms with E-state index in [9.17, 15) is 8.42 Å². The number of ether oxygens (including phenoxy) is 1. The SMILES string of the molecule is COc1cccc(CCS(=O)(=O)NCCc2csc(C)n2)c1. The van der Waals surface area contributed by atoms with Gasteiger partial charge in [0, 0.05) is 18.3 Å². The zero-order chi connectivity index (χ0) is 16.0. The third-order valence-corrected chi connectivity index (χ3v) is 5.37. The zero-order valence-electron chi connectivity index (χ0n) is 12.7. The minimum Gasteiger partial charge on any atom is -0.497 e. The van der Waals surface area contributed by atoms with E-state index in [-0.39, 0.29) is 5.75 Å². The molecule has 1 heterocycles. The second kappa shape index (κ2) is 7.71. The van der Waals surface area contributed by atoms with Gasteiger partial charge in [0.1, 0.15) is 5.75 Å². The number of nitrogens with one attached hydrogen (secondary N) is 1. The van der Waals surface area contributed by atoms with Gasteiger partial charge in [0.25, 0.3) is 0 Å². The van der Waals surface area contributed by atoms with Crippen molar-refractivity contribution in [2.75, 3.05) is 19.4 Å². The Bertz CT molecular complexity index is 711. The summed E-state index contributed by atoms with van der Waals surface area (Å²) in [6.45, 7) is 2.32. The average Bonchev–Trinajstić information content (AvgIpc) is 2.91. The van der Waals surface area contributed by atoms with Crippen molar-refractivity contribution in [3.05, 3.63) is 45.9 Å². The van der Waals surface area contributed by atoms with E-state index in [1.54, 1.807) is 18.4 Å². The Morgan fingerprint density at radius 1 is 1.32 bits per heavy atom. The van der Waals surface area contributed by atoms with E-state index in [1.165, 1.54) is 0 Å². The second-order valence-corrected chi connectivity index (χ2v) is 7.91. The summed E-state index contributed by atoms with van der Waals surface area (Å²) in [5.41, 5.74) is 1.87. The van der Waals surface area contributed by atoms with Gasteiger partial charge < -0.3 is 4.74 Å². The molecule has 2 rings (SSSR count). The fourth-order valence-corrected chi connectivity index (χ4v) is 3.72. The van der Waals surface area contributed by atoms with E-state index in [2.05, 4.69) is 9.71 Å². The Kier molecular flexibility index (Phi) is 5.93. The number of hydrogen-bond donors (Lipinski definition) is 1. The van der Waals surface area contributed by atoms with Gasteiger partial charge in [-0.2, -0.15) is 0 Å². The third kappa shape index (κ3) is 5.40. The minimum atomic E-state index is -3.28. The standard InChI is InChI=1S/C15H20N2O3S2/c1-12-17-14(11-21-12)6-8-16-22(18,19)9-7-13-4-3-5-15(10-13)20-2/h3-5,10-11,16H,6-9H2,1-2H3. The average molecular weight is 340 g/mol. The maximum Gasteiger partial charge on any atom is 0.211 e. The summed E-state index contributed by atoms with van der Waals surface area (Å²) >= 11 is 1.57. The van der Waals surface area contributed by atoms with Crippen molar-refractivity contribution in [3.63, 3.8) is 0 Å². The fourth-order valence-electron chi connectivity index (χ4n) is 2.01. The summed E-state index contributed by atoms with van der Waals surface area (Å²) in [7, 11) is -1.68. The number of benzene rings is 1. The van der Waals surface area contributed by atoms with Crippen LogP contribution in [0.2, 0.25) is 0 Å². The van der Waals surface area contributed by atoms with Crippen LogP contribution in [0.3, 0.4) is 0 Å². The second-order valence-electron chi connectivity index (χ2n) is 4.92. The normalized spacial score (nSPS) is 11.5. The summed E-state index contributed by atoms with van der Waals surface area (Å²) in [6.07, 6.45) is 1.07. The van der Waals surface area contributed by atoms with Crippen LogP contribution in [0.1, 0.15) is 16.3 Å². The summed E-state index contributed by atoms with van der Waals surface area (Å²) in [5.74, 6) is 0.803. The number of sulfonamides is 1. The molecule has 0 aliphatic rings. The molecule has 0 spiro atoms. The first-order chi connectivity index (χ1) is 10.5. The van der Waals surface area contributed by atoms with Crippen LogP contribution in [0.4, 0.5) is 0 Å². The summed E-state index contributed by atoms with van der Waals surface area (Å²) in [6, 6.07) is 7.45. The van der Waals surface area contributed by atoms with Crippen LogP contribution < -0.4 is 9.46 Å². The lowest BCUT2D eigenvalue weighted by molar-refractivity contribution is 0.414. The number of rotatable bonds is 8. The quantitative estimate of drug-likeness (QED) is 0.800. The van der Waals surface area contributed by atoms with Crippen LogP contribution in [0.15, 0.2) is 29.6 Å². The highest BCUT2D eigenvalue weighted by Gasteiger charge is 2.10. The smallest absolute Gasteiger partial charge is 0.211 e. The first-order valence-electron chi connectivity index (χ1n) is 7.00. The number of thiazole rings is 1. The highest BCUT2D eigenvalue weighted by molar-refractivity contribution is 7.89. The van der Waals surface area contributed by atoms with Crippen molar-refractivity contribution in [2.45, 2.75) is 19.8 Å². The molecule has 7 heteroatoms. The molecule has 1 N–H and O–H groups in total. The molecule has 120 valence electrons. The Balaban J connectivity index is 1.80. The maximum absolute atomic E-state index is 12.0. The molecule has 0 saturated heterocycles. The van der Waals surface area contributed by atoms with E-state index < -0.39 is 10.0 Å². The van der Waals surface area contributed by atoms with Crippen LogP contribution in [-0.2, 0) is 22.9 Å². The lowest BCUT2D eigenvalue weighted by atomic mass is 10.2. The molecule has 5 nitrogen and oxygen atoms in total. The Labute approximate surface area is 135 Å². The molecule has 0 radical (unpaired) electrons. The molecule has 2 aromatic rings. The monoisotopic (exact) mass is 340 g/mol. The molecule has 22 heavy (non-hydrogen) atoms. The third-order valence-electron chi connectivity index (χ3n) is 3.16. The van der Waals surface area contributed by atoms with Crippen molar-refractivity contribution in [2.24, 2.45) is 0 Å². The van der Waals surface area contributed by atoms with E-state index in [0.29, 0.717) is 19.4 Å². The van der Waals surface area contributed by atoms with Crippen LogP contribution in [0.5, 0.6) is 5.75 Å². The molecule has 0 bridgehead atoms. The van der Waals surface area contributed by atoms with Gasteiger partial charge in [0.05, 0.1) is 23.6 Å². The maximum atomic E-state index is 12.0. The van der Waals surface area contributed by atoms with E-state index in [1.807, 2.05) is 36.6 Å². The first kappa shape index (κ1) is 16.9. The van der Waals surface area contributed by atoms with E-state index in [0.717, 1.165) is 22.0 Å². The number of aromatic nitrogens is 1. The number of nitrogens with zero attached hydrogens (tertiary/aromatic N) is 1. The highest BCUT2D eigenvalue weighted by atomic mass is 32.2. The Morgan fingerprint density at radius 2 is 2.14 bits per heavy atom. The molecule has 1 aromatic carbocycles. The number of methoxy groups -OCH3 is 1.